The first kappa shape index (κ1) is 22.6. The van der Waals surface area contributed by atoms with E-state index in [0.29, 0.717) is 12.1 Å². The topological polar surface area (TPSA) is 108 Å². The molecule has 0 radical (unpaired) electrons. The number of phenols is 1. The highest BCUT2D eigenvalue weighted by molar-refractivity contribution is 7.92. The Kier molecular flexibility index (Phi) is 7.17. The van der Waals surface area contributed by atoms with Crippen molar-refractivity contribution >= 4 is 15.7 Å². The molecule has 0 bridgehead atoms. The van der Waals surface area contributed by atoms with Crippen LogP contribution in [-0.4, -0.2) is 38.5 Å². The number of anilines is 1. The zero-order valence-corrected chi connectivity index (χ0v) is 18.2. The number of sulfonamides is 1. The number of phenolic OH excluding ortho intramolecular Hbond substituents is 1. The summed E-state index contributed by atoms with van der Waals surface area (Å²) in [6.45, 7) is 0.784. The molecule has 0 amide bonds. The summed E-state index contributed by atoms with van der Waals surface area (Å²) in [5, 5.41) is 23.6. The Bertz CT molecular complexity index is 1130. The van der Waals surface area contributed by atoms with Crippen LogP contribution < -0.4 is 14.8 Å². The molecular formula is C23H26N2O5S. The number of benzene rings is 3. The Labute approximate surface area is 182 Å². The van der Waals surface area contributed by atoms with Crippen LogP contribution in [0.5, 0.6) is 11.5 Å². The summed E-state index contributed by atoms with van der Waals surface area (Å²) in [7, 11) is -1.91. The molecule has 8 heteroatoms. The molecule has 0 aliphatic rings. The van der Waals surface area contributed by atoms with Gasteiger partial charge in [-0.05, 0) is 46.5 Å². The summed E-state index contributed by atoms with van der Waals surface area (Å²) in [4.78, 5) is 0. The highest BCUT2D eigenvalue weighted by Gasteiger charge is 2.13. The Morgan fingerprint density at radius 3 is 2.42 bits per heavy atom. The molecular weight excluding hydrogens is 416 g/mol. The number of ether oxygens (including phenoxy) is 1. The molecule has 0 fully saturated rings. The number of hydrogen-bond donors (Lipinski definition) is 4. The third-order valence-electron chi connectivity index (χ3n) is 4.77. The minimum atomic E-state index is -3.55. The molecule has 0 aromatic heterocycles. The van der Waals surface area contributed by atoms with Crippen LogP contribution >= 0.6 is 0 Å². The highest BCUT2D eigenvalue weighted by Crippen LogP contribution is 2.28. The number of nitrogens with one attached hydrogen (secondary N) is 2. The Balaban J connectivity index is 1.67. The van der Waals surface area contributed by atoms with Gasteiger partial charge in [-0.1, -0.05) is 42.5 Å². The van der Waals surface area contributed by atoms with Crippen LogP contribution in [0.2, 0.25) is 0 Å². The van der Waals surface area contributed by atoms with Crippen molar-refractivity contribution < 1.29 is 23.4 Å². The van der Waals surface area contributed by atoms with Gasteiger partial charge in [-0.15, -0.1) is 0 Å². The van der Waals surface area contributed by atoms with Gasteiger partial charge in [0, 0.05) is 13.1 Å². The third-order valence-corrected chi connectivity index (χ3v) is 5.36. The average Bonchev–Trinajstić information content (AvgIpc) is 2.74. The molecule has 1 atom stereocenters. The second-order valence-electron chi connectivity index (χ2n) is 7.18. The van der Waals surface area contributed by atoms with Crippen LogP contribution in [0.1, 0.15) is 17.2 Å². The van der Waals surface area contributed by atoms with Gasteiger partial charge in [0.1, 0.15) is 11.5 Å². The lowest BCUT2D eigenvalue weighted by atomic mass is 9.99. The lowest BCUT2D eigenvalue weighted by Crippen LogP contribution is -2.21. The van der Waals surface area contributed by atoms with Gasteiger partial charge in [0.25, 0.3) is 0 Å². The van der Waals surface area contributed by atoms with E-state index < -0.39 is 16.1 Å². The van der Waals surface area contributed by atoms with Gasteiger partial charge in [0.2, 0.25) is 10.0 Å². The smallest absolute Gasteiger partial charge is 0.229 e. The maximum atomic E-state index is 11.4. The van der Waals surface area contributed by atoms with E-state index in [0.717, 1.165) is 28.7 Å². The van der Waals surface area contributed by atoms with E-state index in [1.165, 1.54) is 12.1 Å². The maximum Gasteiger partial charge on any atom is 0.229 e. The SMILES string of the molecule is COc1ccc(-c2ccccc2CNCC(O)c2ccc(O)c(NS(C)(=O)=O)c2)cc1. The first-order valence-electron chi connectivity index (χ1n) is 9.68. The van der Waals surface area contributed by atoms with Gasteiger partial charge in [-0.25, -0.2) is 8.42 Å². The maximum absolute atomic E-state index is 11.4. The quantitative estimate of drug-likeness (QED) is 0.379. The van der Waals surface area contributed by atoms with E-state index in [-0.39, 0.29) is 18.0 Å². The fourth-order valence-electron chi connectivity index (χ4n) is 3.23. The van der Waals surface area contributed by atoms with Crippen LogP contribution in [0.3, 0.4) is 0 Å². The molecule has 3 rings (SSSR count). The van der Waals surface area contributed by atoms with Crippen molar-refractivity contribution in [3.63, 3.8) is 0 Å². The third kappa shape index (κ3) is 6.21. The molecule has 0 aliphatic heterocycles. The van der Waals surface area contributed by atoms with E-state index in [4.69, 9.17) is 4.74 Å². The van der Waals surface area contributed by atoms with Gasteiger partial charge in [-0.2, -0.15) is 0 Å². The Morgan fingerprint density at radius 1 is 1.03 bits per heavy atom. The van der Waals surface area contributed by atoms with Crippen molar-refractivity contribution in [1.82, 2.24) is 5.32 Å². The van der Waals surface area contributed by atoms with Crippen LogP contribution in [0, 0.1) is 0 Å². The lowest BCUT2D eigenvalue weighted by molar-refractivity contribution is 0.174. The number of aliphatic hydroxyl groups excluding tert-OH is 1. The molecule has 0 aliphatic carbocycles. The van der Waals surface area contributed by atoms with Crippen LogP contribution in [-0.2, 0) is 16.6 Å². The van der Waals surface area contributed by atoms with Gasteiger partial charge in [-0.3, -0.25) is 4.72 Å². The molecule has 1 unspecified atom stereocenters. The van der Waals surface area contributed by atoms with E-state index in [9.17, 15) is 18.6 Å². The van der Waals surface area contributed by atoms with Gasteiger partial charge < -0.3 is 20.3 Å². The standard InChI is InChI=1S/C23H26N2O5S/c1-30-19-10-7-16(8-11-19)20-6-4-3-5-18(20)14-24-15-23(27)17-9-12-22(26)21(13-17)25-31(2,28)29/h3-13,23-27H,14-15H2,1-2H3. The molecule has 3 aromatic carbocycles. The predicted molar refractivity (Wildman–Crippen MR) is 122 cm³/mol. The molecule has 0 saturated heterocycles. The molecule has 0 spiro atoms. The molecule has 164 valence electrons. The Morgan fingerprint density at radius 2 is 1.74 bits per heavy atom. The monoisotopic (exact) mass is 442 g/mol. The molecule has 4 N–H and O–H groups in total. The van der Waals surface area contributed by atoms with Crippen LogP contribution in [0.4, 0.5) is 5.69 Å². The van der Waals surface area contributed by atoms with Crippen molar-refractivity contribution in [2.45, 2.75) is 12.6 Å². The summed E-state index contributed by atoms with van der Waals surface area (Å²) < 4.78 is 30.3. The van der Waals surface area contributed by atoms with Gasteiger partial charge in [0.05, 0.1) is 25.2 Å². The fraction of sp³-hybridized carbons (Fsp3) is 0.217. The normalized spacial score (nSPS) is 12.4. The fourth-order valence-corrected chi connectivity index (χ4v) is 3.79. The summed E-state index contributed by atoms with van der Waals surface area (Å²) in [5.74, 6) is 0.587. The Hall–Kier alpha value is -3.07. The van der Waals surface area contributed by atoms with Crippen molar-refractivity contribution in [3.05, 3.63) is 77.9 Å². The predicted octanol–water partition coefficient (Wildman–Crippen LogP) is 3.26. The van der Waals surface area contributed by atoms with Crippen molar-refractivity contribution in [2.24, 2.45) is 0 Å². The second kappa shape index (κ2) is 9.82. The molecule has 31 heavy (non-hydrogen) atoms. The molecule has 0 saturated carbocycles. The van der Waals surface area contributed by atoms with Gasteiger partial charge >= 0.3 is 0 Å². The minimum absolute atomic E-state index is 0.0314. The number of methoxy groups -OCH3 is 1. The molecule has 0 heterocycles. The first-order valence-corrected chi connectivity index (χ1v) is 11.6. The average molecular weight is 443 g/mol. The number of rotatable bonds is 9. The number of aromatic hydroxyl groups is 1. The lowest BCUT2D eigenvalue weighted by Gasteiger charge is -2.16. The minimum Gasteiger partial charge on any atom is -0.506 e. The number of aliphatic hydroxyl groups is 1. The largest absolute Gasteiger partial charge is 0.506 e. The summed E-state index contributed by atoms with van der Waals surface area (Å²) in [6.07, 6.45) is 0.117. The van der Waals surface area contributed by atoms with Crippen molar-refractivity contribution in [1.29, 1.82) is 0 Å². The molecule has 7 nitrogen and oxygen atoms in total. The van der Waals surface area contributed by atoms with E-state index in [1.807, 2.05) is 48.5 Å². The van der Waals surface area contributed by atoms with Crippen LogP contribution in [0.15, 0.2) is 66.7 Å². The van der Waals surface area contributed by atoms with Crippen molar-refractivity contribution in [3.8, 4) is 22.6 Å². The summed E-state index contributed by atoms with van der Waals surface area (Å²) in [6, 6.07) is 20.2. The molecule has 3 aromatic rings. The summed E-state index contributed by atoms with van der Waals surface area (Å²) >= 11 is 0. The first-order chi connectivity index (χ1) is 14.8. The zero-order chi connectivity index (χ0) is 22.4. The van der Waals surface area contributed by atoms with Gasteiger partial charge in [0.15, 0.2) is 0 Å². The zero-order valence-electron chi connectivity index (χ0n) is 17.4. The van der Waals surface area contributed by atoms with E-state index in [2.05, 4.69) is 10.0 Å². The second-order valence-corrected chi connectivity index (χ2v) is 8.93. The summed E-state index contributed by atoms with van der Waals surface area (Å²) in [5.41, 5.74) is 3.74. The van der Waals surface area contributed by atoms with Crippen LogP contribution in [0.25, 0.3) is 11.1 Å². The van der Waals surface area contributed by atoms with E-state index >= 15 is 0 Å². The van der Waals surface area contributed by atoms with Crippen molar-refractivity contribution in [2.75, 3.05) is 24.6 Å². The highest BCUT2D eigenvalue weighted by atomic mass is 32.2. The van der Waals surface area contributed by atoms with E-state index in [1.54, 1.807) is 13.2 Å². The number of hydrogen-bond acceptors (Lipinski definition) is 6.